The molecule has 4 aromatic rings. The molecule has 0 saturated heterocycles. The lowest BCUT2D eigenvalue weighted by Gasteiger charge is -2.11. The number of para-hydroxylation sites is 2. The Morgan fingerprint density at radius 3 is 2.50 bits per heavy atom. The number of ether oxygens (including phenoxy) is 1. The lowest BCUT2D eigenvalue weighted by molar-refractivity contribution is 0.102. The van der Waals surface area contributed by atoms with Gasteiger partial charge in [0, 0.05) is 18.0 Å². The number of aryl methyl sites for hydroxylation is 1. The monoisotopic (exact) mass is 426 g/mol. The average Bonchev–Trinajstić information content (AvgIpc) is 3.30. The summed E-state index contributed by atoms with van der Waals surface area (Å²) in [5.41, 5.74) is 3.66. The van der Waals surface area contributed by atoms with Gasteiger partial charge < -0.3 is 15.4 Å². The third-order valence-corrected chi connectivity index (χ3v) is 4.95. The fourth-order valence-corrected chi connectivity index (χ4v) is 3.28. The number of hydrogen-bond acceptors (Lipinski definition) is 4. The van der Waals surface area contributed by atoms with Crippen LogP contribution in [-0.2, 0) is 0 Å². The maximum Gasteiger partial charge on any atom is 0.258 e. The zero-order valence-corrected chi connectivity index (χ0v) is 17.7. The molecule has 1 heterocycles. The second-order valence-electron chi connectivity index (χ2n) is 7.15. The van der Waals surface area contributed by atoms with Crippen molar-refractivity contribution in [2.24, 2.45) is 0 Å². The van der Waals surface area contributed by atoms with Crippen molar-refractivity contribution in [3.05, 3.63) is 102 Å². The van der Waals surface area contributed by atoms with Crippen molar-refractivity contribution in [3.8, 4) is 11.4 Å². The van der Waals surface area contributed by atoms with Gasteiger partial charge in [0.05, 0.1) is 35.8 Å². The lowest BCUT2D eigenvalue weighted by atomic mass is 10.1. The predicted molar refractivity (Wildman–Crippen MR) is 124 cm³/mol. The van der Waals surface area contributed by atoms with Crippen molar-refractivity contribution in [3.63, 3.8) is 0 Å². The number of methoxy groups -OCH3 is 1. The molecular weight excluding hydrogens is 404 g/mol. The Morgan fingerprint density at radius 2 is 1.69 bits per heavy atom. The summed E-state index contributed by atoms with van der Waals surface area (Å²) >= 11 is 0. The molecule has 32 heavy (non-hydrogen) atoms. The fraction of sp³-hybridized carbons (Fsp3) is 0.0800. The molecule has 1 aromatic heterocycles. The van der Waals surface area contributed by atoms with E-state index in [1.807, 2.05) is 31.2 Å². The quantitative estimate of drug-likeness (QED) is 0.468. The van der Waals surface area contributed by atoms with Gasteiger partial charge in [-0.3, -0.25) is 9.59 Å². The predicted octanol–water partition coefficient (Wildman–Crippen LogP) is 4.69. The minimum absolute atomic E-state index is 0.343. The van der Waals surface area contributed by atoms with E-state index in [9.17, 15) is 9.59 Å². The van der Waals surface area contributed by atoms with Crippen LogP contribution in [0.15, 0.2) is 85.2 Å². The number of benzene rings is 3. The molecule has 0 aliphatic rings. The largest absolute Gasteiger partial charge is 0.497 e. The summed E-state index contributed by atoms with van der Waals surface area (Å²) in [4.78, 5) is 25.7. The van der Waals surface area contributed by atoms with Gasteiger partial charge in [-0.05, 0) is 42.8 Å². The first-order valence-corrected chi connectivity index (χ1v) is 10.0. The summed E-state index contributed by atoms with van der Waals surface area (Å²) in [5, 5.41) is 9.95. The van der Waals surface area contributed by atoms with Crippen LogP contribution in [0.1, 0.15) is 26.3 Å². The average molecular weight is 426 g/mol. The summed E-state index contributed by atoms with van der Waals surface area (Å²) in [6.45, 7) is 1.98. The minimum Gasteiger partial charge on any atom is -0.497 e. The summed E-state index contributed by atoms with van der Waals surface area (Å²) < 4.78 is 6.85. The lowest BCUT2D eigenvalue weighted by Crippen LogP contribution is -2.18. The molecule has 160 valence electrons. The first-order valence-electron chi connectivity index (χ1n) is 10.0. The SMILES string of the molecule is COc1cccc(NC(=O)c2ccccc2NC(=O)c2cnn(-c3ccccc3C)c2)c1. The van der Waals surface area contributed by atoms with E-state index in [0.29, 0.717) is 28.3 Å². The highest BCUT2D eigenvalue weighted by Gasteiger charge is 2.16. The van der Waals surface area contributed by atoms with Crippen LogP contribution >= 0.6 is 0 Å². The van der Waals surface area contributed by atoms with E-state index in [1.54, 1.807) is 66.5 Å². The van der Waals surface area contributed by atoms with Crippen molar-refractivity contribution in [1.29, 1.82) is 0 Å². The number of carbonyl (C=O) groups excluding carboxylic acids is 2. The third-order valence-electron chi connectivity index (χ3n) is 4.95. The Balaban J connectivity index is 1.52. The standard InChI is InChI=1S/C25H22N4O3/c1-17-8-3-6-13-23(17)29-16-18(15-26-29)24(30)28-22-12-5-4-11-21(22)25(31)27-19-9-7-10-20(14-19)32-2/h3-16H,1-2H3,(H,27,31)(H,28,30). The van der Waals surface area contributed by atoms with E-state index >= 15 is 0 Å². The molecule has 0 saturated carbocycles. The van der Waals surface area contributed by atoms with Gasteiger partial charge in [0.15, 0.2) is 0 Å². The molecule has 0 aliphatic carbocycles. The topological polar surface area (TPSA) is 85.2 Å². The van der Waals surface area contributed by atoms with Gasteiger partial charge in [-0.25, -0.2) is 4.68 Å². The first-order chi connectivity index (χ1) is 15.5. The molecule has 0 spiro atoms. The molecule has 0 fully saturated rings. The van der Waals surface area contributed by atoms with Gasteiger partial charge in [-0.1, -0.05) is 36.4 Å². The Kier molecular flexibility index (Phi) is 5.98. The molecule has 7 heteroatoms. The van der Waals surface area contributed by atoms with Gasteiger partial charge in [0.25, 0.3) is 11.8 Å². The summed E-state index contributed by atoms with van der Waals surface area (Å²) in [6.07, 6.45) is 3.16. The van der Waals surface area contributed by atoms with E-state index in [-0.39, 0.29) is 11.8 Å². The number of anilines is 2. The maximum absolute atomic E-state index is 12.9. The van der Waals surface area contributed by atoms with Crippen molar-refractivity contribution in [1.82, 2.24) is 9.78 Å². The van der Waals surface area contributed by atoms with E-state index < -0.39 is 0 Å². The number of carbonyl (C=O) groups is 2. The second-order valence-corrected chi connectivity index (χ2v) is 7.15. The smallest absolute Gasteiger partial charge is 0.258 e. The number of aromatic nitrogens is 2. The van der Waals surface area contributed by atoms with Crippen LogP contribution in [0.2, 0.25) is 0 Å². The van der Waals surface area contributed by atoms with Gasteiger partial charge in [0.2, 0.25) is 0 Å². The molecule has 0 unspecified atom stereocenters. The molecular formula is C25H22N4O3. The van der Waals surface area contributed by atoms with Crippen molar-refractivity contribution in [2.45, 2.75) is 6.92 Å². The highest BCUT2D eigenvalue weighted by atomic mass is 16.5. The number of hydrogen-bond donors (Lipinski definition) is 2. The molecule has 0 aliphatic heterocycles. The number of rotatable bonds is 6. The second kappa shape index (κ2) is 9.18. The summed E-state index contributed by atoms with van der Waals surface area (Å²) in [7, 11) is 1.56. The number of amides is 2. The van der Waals surface area contributed by atoms with Crippen LogP contribution in [0.25, 0.3) is 5.69 Å². The summed E-state index contributed by atoms with van der Waals surface area (Å²) in [5.74, 6) is -0.0636. The van der Waals surface area contributed by atoms with E-state index in [0.717, 1.165) is 11.3 Å². The van der Waals surface area contributed by atoms with Gasteiger partial charge in [-0.2, -0.15) is 5.10 Å². The van der Waals surface area contributed by atoms with Crippen molar-refractivity contribution in [2.75, 3.05) is 17.7 Å². The molecule has 7 nitrogen and oxygen atoms in total. The molecule has 3 aromatic carbocycles. The fourth-order valence-electron chi connectivity index (χ4n) is 3.28. The molecule has 0 radical (unpaired) electrons. The van der Waals surface area contributed by atoms with E-state index in [4.69, 9.17) is 4.74 Å². The van der Waals surface area contributed by atoms with E-state index in [2.05, 4.69) is 15.7 Å². The van der Waals surface area contributed by atoms with Crippen LogP contribution in [0.5, 0.6) is 5.75 Å². The Labute approximate surface area is 185 Å². The first kappa shape index (κ1) is 20.9. The van der Waals surface area contributed by atoms with Crippen LogP contribution in [0.3, 0.4) is 0 Å². The third kappa shape index (κ3) is 4.52. The highest BCUT2D eigenvalue weighted by molar-refractivity contribution is 6.12. The Bertz CT molecular complexity index is 1280. The maximum atomic E-state index is 12.9. The Hall–Kier alpha value is -4.39. The van der Waals surface area contributed by atoms with Crippen LogP contribution in [0.4, 0.5) is 11.4 Å². The number of nitrogens with zero attached hydrogens (tertiary/aromatic N) is 2. The minimum atomic E-state index is -0.355. The molecule has 0 atom stereocenters. The van der Waals surface area contributed by atoms with Crippen LogP contribution in [0, 0.1) is 6.92 Å². The zero-order valence-electron chi connectivity index (χ0n) is 17.7. The molecule has 2 N–H and O–H groups in total. The van der Waals surface area contributed by atoms with Gasteiger partial charge in [-0.15, -0.1) is 0 Å². The molecule has 4 rings (SSSR count). The Morgan fingerprint density at radius 1 is 0.906 bits per heavy atom. The normalized spacial score (nSPS) is 10.4. The van der Waals surface area contributed by atoms with Crippen molar-refractivity contribution >= 4 is 23.2 Å². The van der Waals surface area contributed by atoms with Crippen LogP contribution in [-0.4, -0.2) is 28.7 Å². The summed E-state index contributed by atoms with van der Waals surface area (Å²) in [6, 6.07) is 21.7. The van der Waals surface area contributed by atoms with Gasteiger partial charge >= 0.3 is 0 Å². The van der Waals surface area contributed by atoms with Crippen molar-refractivity contribution < 1.29 is 14.3 Å². The van der Waals surface area contributed by atoms with E-state index in [1.165, 1.54) is 6.20 Å². The highest BCUT2D eigenvalue weighted by Crippen LogP contribution is 2.21. The zero-order chi connectivity index (χ0) is 22.5. The number of nitrogens with one attached hydrogen (secondary N) is 2. The van der Waals surface area contributed by atoms with Gasteiger partial charge in [0.1, 0.15) is 5.75 Å². The molecule has 2 amide bonds. The van der Waals surface area contributed by atoms with Crippen LogP contribution < -0.4 is 15.4 Å². The molecule has 0 bridgehead atoms.